The van der Waals surface area contributed by atoms with E-state index in [4.69, 9.17) is 14.2 Å². The monoisotopic (exact) mass is 265 g/mol. The quantitative estimate of drug-likeness (QED) is 0.731. The highest BCUT2D eigenvalue weighted by atomic mass is 16.5. The minimum absolute atomic E-state index is 0.309. The molecule has 0 aliphatic carbocycles. The number of rotatable bonds is 8. The lowest BCUT2D eigenvalue weighted by molar-refractivity contribution is -0.0990. The Balaban J connectivity index is 1.67. The first-order valence-electron chi connectivity index (χ1n) is 6.87. The van der Waals surface area contributed by atoms with Crippen LogP contribution in [-0.4, -0.2) is 39.5 Å². The highest BCUT2D eigenvalue weighted by Gasteiger charge is 2.32. The topological polar surface area (TPSA) is 39.7 Å². The van der Waals surface area contributed by atoms with E-state index >= 15 is 0 Å². The van der Waals surface area contributed by atoms with Crippen molar-refractivity contribution in [3.63, 3.8) is 0 Å². The molecule has 0 aromatic heterocycles. The first kappa shape index (κ1) is 14.2. The van der Waals surface area contributed by atoms with Crippen LogP contribution in [0, 0.1) is 5.41 Å². The summed E-state index contributed by atoms with van der Waals surface area (Å²) in [5, 5.41) is 3.40. The fourth-order valence-electron chi connectivity index (χ4n) is 2.02. The van der Waals surface area contributed by atoms with Gasteiger partial charge < -0.3 is 19.5 Å². The molecule has 0 spiro atoms. The standard InChI is InChI=1S/C15H23NO3/c1-3-18-13-6-4-5-7-14(13)19-9-8-16-10-15(2)11-17-12-15/h4-7,16H,3,8-12H2,1-2H3. The zero-order chi connectivity index (χ0) is 13.6. The third-order valence-electron chi connectivity index (χ3n) is 3.14. The minimum atomic E-state index is 0.309. The zero-order valence-electron chi connectivity index (χ0n) is 11.8. The van der Waals surface area contributed by atoms with Gasteiger partial charge in [-0.2, -0.15) is 0 Å². The molecule has 0 bridgehead atoms. The van der Waals surface area contributed by atoms with Crippen molar-refractivity contribution < 1.29 is 14.2 Å². The first-order valence-corrected chi connectivity index (χ1v) is 6.87. The summed E-state index contributed by atoms with van der Waals surface area (Å²) in [5.41, 5.74) is 0.309. The second-order valence-electron chi connectivity index (χ2n) is 5.21. The Morgan fingerprint density at radius 2 is 1.89 bits per heavy atom. The van der Waals surface area contributed by atoms with E-state index < -0.39 is 0 Å². The molecule has 106 valence electrons. The van der Waals surface area contributed by atoms with Gasteiger partial charge in [-0.25, -0.2) is 0 Å². The number of hydrogen-bond acceptors (Lipinski definition) is 4. The molecular weight excluding hydrogens is 242 g/mol. The molecule has 0 unspecified atom stereocenters. The van der Waals surface area contributed by atoms with Crippen LogP contribution in [0.25, 0.3) is 0 Å². The molecule has 2 rings (SSSR count). The normalized spacial score (nSPS) is 16.7. The molecule has 1 N–H and O–H groups in total. The summed E-state index contributed by atoms with van der Waals surface area (Å²) in [6.45, 7) is 9.01. The smallest absolute Gasteiger partial charge is 0.161 e. The summed E-state index contributed by atoms with van der Waals surface area (Å²) in [6, 6.07) is 7.77. The van der Waals surface area contributed by atoms with Crippen molar-refractivity contribution in [1.82, 2.24) is 5.32 Å². The summed E-state index contributed by atoms with van der Waals surface area (Å²) in [6.07, 6.45) is 0. The molecule has 19 heavy (non-hydrogen) atoms. The molecular formula is C15H23NO3. The van der Waals surface area contributed by atoms with Crippen LogP contribution in [0.2, 0.25) is 0 Å². The maximum absolute atomic E-state index is 5.74. The highest BCUT2D eigenvalue weighted by Crippen LogP contribution is 2.26. The van der Waals surface area contributed by atoms with Gasteiger partial charge in [-0.05, 0) is 19.1 Å². The molecule has 0 radical (unpaired) electrons. The van der Waals surface area contributed by atoms with E-state index in [2.05, 4.69) is 12.2 Å². The minimum Gasteiger partial charge on any atom is -0.490 e. The number of para-hydroxylation sites is 2. The largest absolute Gasteiger partial charge is 0.490 e. The molecule has 0 saturated carbocycles. The molecule has 1 fully saturated rings. The maximum atomic E-state index is 5.74. The van der Waals surface area contributed by atoms with Gasteiger partial charge in [0.1, 0.15) is 6.61 Å². The molecule has 4 heteroatoms. The molecule has 1 aromatic carbocycles. The first-order chi connectivity index (χ1) is 9.23. The van der Waals surface area contributed by atoms with Crippen LogP contribution < -0.4 is 14.8 Å². The number of ether oxygens (including phenoxy) is 3. The summed E-state index contributed by atoms with van der Waals surface area (Å²) in [5.74, 6) is 1.62. The van der Waals surface area contributed by atoms with Crippen LogP contribution in [0.15, 0.2) is 24.3 Å². The van der Waals surface area contributed by atoms with Crippen LogP contribution in [0.4, 0.5) is 0 Å². The van der Waals surface area contributed by atoms with Gasteiger partial charge >= 0.3 is 0 Å². The second kappa shape index (κ2) is 6.78. The van der Waals surface area contributed by atoms with Crippen LogP contribution in [0.3, 0.4) is 0 Å². The molecule has 4 nitrogen and oxygen atoms in total. The third-order valence-corrected chi connectivity index (χ3v) is 3.14. The van der Waals surface area contributed by atoms with Crippen LogP contribution in [0.1, 0.15) is 13.8 Å². The van der Waals surface area contributed by atoms with E-state index in [0.717, 1.165) is 37.8 Å². The Labute approximate surface area is 115 Å². The van der Waals surface area contributed by atoms with Gasteiger partial charge in [0.05, 0.1) is 19.8 Å². The van der Waals surface area contributed by atoms with Crippen molar-refractivity contribution >= 4 is 0 Å². The van der Waals surface area contributed by atoms with Crippen molar-refractivity contribution in [1.29, 1.82) is 0 Å². The lowest BCUT2D eigenvalue weighted by atomic mass is 9.89. The second-order valence-corrected chi connectivity index (χ2v) is 5.21. The van der Waals surface area contributed by atoms with Gasteiger partial charge in [-0.1, -0.05) is 19.1 Å². The summed E-state index contributed by atoms with van der Waals surface area (Å²) < 4.78 is 16.5. The number of nitrogens with one attached hydrogen (secondary N) is 1. The Bertz CT molecular complexity index is 391. The van der Waals surface area contributed by atoms with E-state index in [-0.39, 0.29) is 0 Å². The van der Waals surface area contributed by atoms with Crippen molar-refractivity contribution in [2.45, 2.75) is 13.8 Å². The van der Waals surface area contributed by atoms with E-state index in [1.54, 1.807) is 0 Å². The molecule has 1 aliphatic rings. The van der Waals surface area contributed by atoms with Gasteiger partial charge in [0.25, 0.3) is 0 Å². The Morgan fingerprint density at radius 3 is 2.47 bits per heavy atom. The molecule has 1 saturated heterocycles. The van der Waals surface area contributed by atoms with Crippen molar-refractivity contribution in [2.75, 3.05) is 39.5 Å². The van der Waals surface area contributed by atoms with Crippen LogP contribution in [-0.2, 0) is 4.74 Å². The SMILES string of the molecule is CCOc1ccccc1OCCNCC1(C)COC1. The summed E-state index contributed by atoms with van der Waals surface area (Å²) in [7, 11) is 0. The highest BCUT2D eigenvalue weighted by molar-refractivity contribution is 5.39. The Hall–Kier alpha value is -1.26. The number of hydrogen-bond donors (Lipinski definition) is 1. The van der Waals surface area contributed by atoms with Gasteiger partial charge in [-0.15, -0.1) is 0 Å². The van der Waals surface area contributed by atoms with Gasteiger partial charge in [-0.3, -0.25) is 0 Å². The van der Waals surface area contributed by atoms with Crippen LogP contribution in [0.5, 0.6) is 11.5 Å². The average Bonchev–Trinajstić information content (AvgIpc) is 2.38. The van der Waals surface area contributed by atoms with Gasteiger partial charge in [0.2, 0.25) is 0 Å². The zero-order valence-corrected chi connectivity index (χ0v) is 11.8. The fourth-order valence-corrected chi connectivity index (χ4v) is 2.02. The lowest BCUT2D eigenvalue weighted by Gasteiger charge is -2.38. The van der Waals surface area contributed by atoms with Crippen molar-refractivity contribution in [3.8, 4) is 11.5 Å². The molecule has 1 aromatic rings. The van der Waals surface area contributed by atoms with E-state index in [0.29, 0.717) is 18.6 Å². The molecule has 0 amide bonds. The fraction of sp³-hybridized carbons (Fsp3) is 0.600. The van der Waals surface area contributed by atoms with E-state index in [1.807, 2.05) is 31.2 Å². The van der Waals surface area contributed by atoms with Crippen LogP contribution >= 0.6 is 0 Å². The lowest BCUT2D eigenvalue weighted by Crippen LogP contribution is -2.47. The average molecular weight is 265 g/mol. The van der Waals surface area contributed by atoms with Crippen molar-refractivity contribution in [2.24, 2.45) is 5.41 Å². The maximum Gasteiger partial charge on any atom is 0.161 e. The predicted octanol–water partition coefficient (Wildman–Crippen LogP) is 2.09. The molecule has 0 atom stereocenters. The predicted molar refractivity (Wildman–Crippen MR) is 74.9 cm³/mol. The van der Waals surface area contributed by atoms with Crippen molar-refractivity contribution in [3.05, 3.63) is 24.3 Å². The Kier molecular flexibility index (Phi) is 5.05. The van der Waals surface area contributed by atoms with E-state index in [9.17, 15) is 0 Å². The summed E-state index contributed by atoms with van der Waals surface area (Å²) >= 11 is 0. The molecule has 1 heterocycles. The Morgan fingerprint density at radius 1 is 1.21 bits per heavy atom. The van der Waals surface area contributed by atoms with Gasteiger partial charge in [0, 0.05) is 18.5 Å². The molecule has 1 aliphatic heterocycles. The van der Waals surface area contributed by atoms with E-state index in [1.165, 1.54) is 0 Å². The summed E-state index contributed by atoms with van der Waals surface area (Å²) in [4.78, 5) is 0. The third kappa shape index (κ3) is 4.11. The number of benzene rings is 1. The van der Waals surface area contributed by atoms with Gasteiger partial charge in [0.15, 0.2) is 11.5 Å².